The molecule has 6 rings (SSSR count). The highest BCUT2D eigenvalue weighted by Crippen LogP contribution is 2.74. The summed E-state index contributed by atoms with van der Waals surface area (Å²) in [4.78, 5) is 26.8. The van der Waals surface area contributed by atoms with E-state index >= 15 is 0 Å². The van der Waals surface area contributed by atoms with Crippen LogP contribution >= 0.6 is 0 Å². The van der Waals surface area contributed by atoms with E-state index in [1.165, 1.54) is 17.4 Å². The van der Waals surface area contributed by atoms with Gasteiger partial charge in [-0.2, -0.15) is 0 Å². The minimum Gasteiger partial charge on any atom is -0.361 e. The van der Waals surface area contributed by atoms with Gasteiger partial charge in [-0.3, -0.25) is 4.79 Å². The van der Waals surface area contributed by atoms with Crippen molar-refractivity contribution in [3.63, 3.8) is 0 Å². The molecule has 34 heavy (non-hydrogen) atoms. The standard InChI is InChI=1S/C30H41NO3/c1-18-20-7-8-28(5)23(27(20,4)14-19-16-31-34-25(18)19)13-22(33)24-21-15-26(2,3)9-11-30(21,17-32)12-10-29(24,28)6/h13,16-18,20-21,24H,7-12,14-15H2,1-6H3/t18-,20-,21-,24-,27-,28+,29+,30+/m0/s1. The van der Waals surface area contributed by atoms with Crippen LogP contribution in [0.4, 0.5) is 0 Å². The molecule has 8 atom stereocenters. The van der Waals surface area contributed by atoms with E-state index in [1.54, 1.807) is 0 Å². The Balaban J connectivity index is 1.49. The van der Waals surface area contributed by atoms with Gasteiger partial charge in [0.15, 0.2) is 5.78 Å². The lowest BCUT2D eigenvalue weighted by Gasteiger charge is -2.68. The van der Waals surface area contributed by atoms with Crippen molar-refractivity contribution < 1.29 is 14.1 Å². The van der Waals surface area contributed by atoms with Crippen molar-refractivity contribution in [3.05, 3.63) is 29.2 Å². The molecular weight excluding hydrogens is 422 g/mol. The number of nitrogens with zero attached hydrogens (tertiary/aromatic N) is 1. The maximum atomic E-state index is 14.2. The van der Waals surface area contributed by atoms with Crippen molar-refractivity contribution in [1.82, 2.24) is 5.16 Å². The summed E-state index contributed by atoms with van der Waals surface area (Å²) < 4.78 is 5.68. The average Bonchev–Trinajstić information content (AvgIpc) is 3.23. The number of allylic oxidation sites excluding steroid dienone is 2. The minimum atomic E-state index is -0.311. The number of ketones is 1. The largest absolute Gasteiger partial charge is 0.361 e. The normalized spacial score (nSPS) is 49.0. The van der Waals surface area contributed by atoms with Crippen LogP contribution in [0.1, 0.15) is 104 Å². The van der Waals surface area contributed by atoms with E-state index in [2.05, 4.69) is 52.8 Å². The first-order valence-corrected chi connectivity index (χ1v) is 13.6. The van der Waals surface area contributed by atoms with Gasteiger partial charge in [0.05, 0.1) is 6.20 Å². The first-order chi connectivity index (χ1) is 15.9. The quantitative estimate of drug-likeness (QED) is 0.435. The highest BCUT2D eigenvalue weighted by Gasteiger charge is 2.69. The summed E-state index contributed by atoms with van der Waals surface area (Å²) in [6, 6.07) is 0. The Labute approximate surface area is 204 Å². The number of carbonyl (C=O) groups is 2. The Hall–Kier alpha value is -1.71. The van der Waals surface area contributed by atoms with Gasteiger partial charge < -0.3 is 9.32 Å². The molecule has 0 aliphatic heterocycles. The fraction of sp³-hybridized carbons (Fsp3) is 0.767. The lowest BCUT2D eigenvalue weighted by Crippen LogP contribution is -2.64. The molecule has 4 nitrogen and oxygen atoms in total. The summed E-state index contributed by atoms with van der Waals surface area (Å²) in [5, 5.41) is 4.14. The number of aldehydes is 1. The van der Waals surface area contributed by atoms with Crippen LogP contribution in [0.15, 0.2) is 22.4 Å². The van der Waals surface area contributed by atoms with E-state index in [4.69, 9.17) is 4.52 Å². The molecule has 3 fully saturated rings. The van der Waals surface area contributed by atoms with Crippen molar-refractivity contribution in [1.29, 1.82) is 0 Å². The van der Waals surface area contributed by atoms with Crippen LogP contribution in [0.5, 0.6) is 0 Å². The predicted octanol–water partition coefficient (Wildman–Crippen LogP) is 6.69. The third kappa shape index (κ3) is 2.58. The second-order valence-corrected chi connectivity index (χ2v) is 14.3. The monoisotopic (exact) mass is 463 g/mol. The molecule has 0 saturated heterocycles. The van der Waals surface area contributed by atoms with E-state index in [1.807, 2.05) is 6.20 Å². The SMILES string of the molecule is C[C@@H]1c2oncc2C[C@]2(C)C3=CC(=O)[C@@H]4[C@@H]5CC(C)(C)CC[C@]5(C=O)CC[C@@]4(C)[C@]3(C)CC[C@@H]12. The summed E-state index contributed by atoms with van der Waals surface area (Å²) in [6.07, 6.45) is 13.3. The molecule has 3 saturated carbocycles. The van der Waals surface area contributed by atoms with Crippen LogP contribution in [0.25, 0.3) is 0 Å². The predicted molar refractivity (Wildman–Crippen MR) is 131 cm³/mol. The van der Waals surface area contributed by atoms with Gasteiger partial charge in [-0.05, 0) is 90.9 Å². The zero-order valence-corrected chi connectivity index (χ0v) is 21.9. The van der Waals surface area contributed by atoms with Crippen molar-refractivity contribution >= 4 is 12.1 Å². The first-order valence-electron chi connectivity index (χ1n) is 13.6. The van der Waals surface area contributed by atoms with Crippen LogP contribution in [-0.2, 0) is 16.0 Å². The highest BCUT2D eigenvalue weighted by molar-refractivity contribution is 5.96. The summed E-state index contributed by atoms with van der Waals surface area (Å²) in [7, 11) is 0. The summed E-state index contributed by atoms with van der Waals surface area (Å²) in [6.45, 7) is 14.2. The molecule has 5 aliphatic rings. The van der Waals surface area contributed by atoms with Gasteiger partial charge in [0.25, 0.3) is 0 Å². The Bertz CT molecular complexity index is 1100. The number of aromatic nitrogens is 1. The van der Waals surface area contributed by atoms with Gasteiger partial charge in [0.2, 0.25) is 0 Å². The van der Waals surface area contributed by atoms with E-state index in [9.17, 15) is 9.59 Å². The first kappa shape index (κ1) is 22.7. The number of hydrogen-bond acceptors (Lipinski definition) is 4. The third-order valence-electron chi connectivity index (χ3n) is 12.3. The maximum absolute atomic E-state index is 14.2. The fourth-order valence-corrected chi connectivity index (χ4v) is 10.1. The zero-order chi connectivity index (χ0) is 24.3. The molecule has 0 radical (unpaired) electrons. The molecular formula is C30H41NO3. The molecule has 0 aromatic carbocycles. The van der Waals surface area contributed by atoms with E-state index in [0.29, 0.717) is 17.6 Å². The Morgan fingerprint density at radius 3 is 2.50 bits per heavy atom. The Kier molecular flexibility index (Phi) is 4.50. The molecule has 0 amide bonds. The number of carbonyl (C=O) groups excluding carboxylic acids is 2. The lowest BCUT2D eigenvalue weighted by atomic mass is 9.34. The van der Waals surface area contributed by atoms with Crippen molar-refractivity contribution in [2.24, 2.45) is 44.8 Å². The molecule has 1 aromatic rings. The summed E-state index contributed by atoms with van der Waals surface area (Å²) in [5.74, 6) is 2.24. The minimum absolute atomic E-state index is 0.0259. The highest BCUT2D eigenvalue weighted by atomic mass is 16.5. The summed E-state index contributed by atoms with van der Waals surface area (Å²) in [5.41, 5.74) is 2.29. The van der Waals surface area contributed by atoms with Crippen molar-refractivity contribution in [2.75, 3.05) is 0 Å². The second-order valence-electron chi connectivity index (χ2n) is 14.3. The molecule has 0 N–H and O–H groups in total. The van der Waals surface area contributed by atoms with Crippen LogP contribution in [0, 0.1) is 44.8 Å². The van der Waals surface area contributed by atoms with Crippen LogP contribution < -0.4 is 0 Å². The van der Waals surface area contributed by atoms with E-state index in [-0.39, 0.29) is 38.9 Å². The number of rotatable bonds is 1. The van der Waals surface area contributed by atoms with E-state index < -0.39 is 0 Å². The fourth-order valence-electron chi connectivity index (χ4n) is 10.1. The van der Waals surface area contributed by atoms with Crippen LogP contribution in [0.2, 0.25) is 0 Å². The van der Waals surface area contributed by atoms with Gasteiger partial charge in [-0.15, -0.1) is 0 Å². The van der Waals surface area contributed by atoms with Crippen molar-refractivity contribution in [2.45, 2.75) is 98.8 Å². The topological polar surface area (TPSA) is 60.2 Å². The molecule has 0 spiro atoms. The van der Waals surface area contributed by atoms with Crippen molar-refractivity contribution in [3.8, 4) is 0 Å². The smallest absolute Gasteiger partial charge is 0.159 e. The van der Waals surface area contributed by atoms with Crippen LogP contribution in [-0.4, -0.2) is 17.2 Å². The molecule has 0 bridgehead atoms. The third-order valence-corrected chi connectivity index (χ3v) is 12.3. The molecule has 1 aromatic heterocycles. The van der Waals surface area contributed by atoms with Gasteiger partial charge in [-0.1, -0.05) is 52.3 Å². The molecule has 184 valence electrons. The molecule has 0 unspecified atom stereocenters. The number of hydrogen-bond donors (Lipinski definition) is 0. The number of fused-ring (bicyclic) bond motifs is 8. The molecule has 5 aliphatic carbocycles. The van der Waals surface area contributed by atoms with Crippen LogP contribution in [0.3, 0.4) is 0 Å². The molecule has 4 heteroatoms. The van der Waals surface area contributed by atoms with Gasteiger partial charge in [-0.25, -0.2) is 0 Å². The van der Waals surface area contributed by atoms with Gasteiger partial charge in [0, 0.05) is 22.8 Å². The average molecular weight is 464 g/mol. The maximum Gasteiger partial charge on any atom is 0.159 e. The summed E-state index contributed by atoms with van der Waals surface area (Å²) >= 11 is 0. The molecule has 1 heterocycles. The van der Waals surface area contributed by atoms with Gasteiger partial charge in [0.1, 0.15) is 12.0 Å². The Morgan fingerprint density at radius 2 is 1.76 bits per heavy atom. The zero-order valence-electron chi connectivity index (χ0n) is 21.9. The second kappa shape index (κ2) is 6.73. The lowest BCUT2D eigenvalue weighted by molar-refractivity contribution is -0.171. The van der Waals surface area contributed by atoms with E-state index in [0.717, 1.165) is 57.1 Å². The Morgan fingerprint density at radius 1 is 1.03 bits per heavy atom. The van der Waals surface area contributed by atoms with Gasteiger partial charge >= 0.3 is 0 Å².